The number of hydrogen-bond donors (Lipinski definition) is 3. The Balaban J connectivity index is 1.70. The molecule has 2 heterocycles. The first-order chi connectivity index (χ1) is 8.68. The molecule has 0 radical (unpaired) electrons. The van der Waals surface area contributed by atoms with Crippen molar-refractivity contribution in [3.05, 3.63) is 29.1 Å². The zero-order valence-corrected chi connectivity index (χ0v) is 10.9. The van der Waals surface area contributed by atoms with Gasteiger partial charge in [0, 0.05) is 18.8 Å². The van der Waals surface area contributed by atoms with Gasteiger partial charge in [0.25, 0.3) is 0 Å². The number of rotatable bonds is 5. The van der Waals surface area contributed by atoms with Crippen LogP contribution >= 0.6 is 0 Å². The molecule has 0 saturated heterocycles. The molecule has 0 unspecified atom stereocenters. The van der Waals surface area contributed by atoms with Crippen LogP contribution in [-0.4, -0.2) is 35.2 Å². The number of aromatic nitrogens is 2. The van der Waals surface area contributed by atoms with Gasteiger partial charge in [-0.15, -0.1) is 0 Å². The Labute approximate surface area is 107 Å². The normalized spacial score (nSPS) is 18.2. The van der Waals surface area contributed by atoms with Gasteiger partial charge in [-0.1, -0.05) is 12.2 Å². The monoisotopic (exact) mass is 248 g/mol. The van der Waals surface area contributed by atoms with Crippen molar-refractivity contribution in [1.29, 1.82) is 0 Å². The molecular weight excluding hydrogens is 228 g/mol. The van der Waals surface area contributed by atoms with Crippen LogP contribution in [0.3, 0.4) is 0 Å². The molecule has 3 N–H and O–H groups in total. The maximum absolute atomic E-state index is 11.7. The molecule has 1 aromatic rings. The largest absolute Gasteiger partial charge is 0.354 e. The Morgan fingerprint density at radius 3 is 3.00 bits per heavy atom. The van der Waals surface area contributed by atoms with Gasteiger partial charge in [-0.25, -0.2) is 0 Å². The fourth-order valence-corrected chi connectivity index (χ4v) is 2.18. The highest BCUT2D eigenvalue weighted by Crippen LogP contribution is 2.11. The van der Waals surface area contributed by atoms with Crippen LogP contribution in [0.1, 0.15) is 23.4 Å². The van der Waals surface area contributed by atoms with Gasteiger partial charge in [-0.3, -0.25) is 15.2 Å². The minimum absolute atomic E-state index is 0.0596. The molecule has 1 aliphatic rings. The topological polar surface area (TPSA) is 69.8 Å². The molecule has 0 spiro atoms. The smallest absolute Gasteiger partial charge is 0.241 e. The maximum Gasteiger partial charge on any atom is 0.241 e. The molecule has 0 aromatic carbocycles. The molecule has 1 amide bonds. The summed E-state index contributed by atoms with van der Waals surface area (Å²) in [5.41, 5.74) is 3.45. The Bertz CT molecular complexity index is 430. The number of nitrogens with one attached hydrogen (secondary N) is 3. The Morgan fingerprint density at radius 2 is 2.39 bits per heavy atom. The van der Waals surface area contributed by atoms with Crippen LogP contribution in [0.25, 0.3) is 0 Å². The minimum atomic E-state index is -0.151. The molecule has 1 aliphatic heterocycles. The van der Waals surface area contributed by atoms with Crippen LogP contribution < -0.4 is 10.6 Å². The molecule has 0 bridgehead atoms. The molecule has 98 valence electrons. The molecular formula is C13H20N4O. The third kappa shape index (κ3) is 2.98. The lowest BCUT2D eigenvalue weighted by molar-refractivity contribution is -0.121. The van der Waals surface area contributed by atoms with Crippen molar-refractivity contribution in [2.24, 2.45) is 0 Å². The first kappa shape index (κ1) is 12.8. The molecule has 1 aromatic heterocycles. The van der Waals surface area contributed by atoms with E-state index in [-0.39, 0.29) is 11.9 Å². The second-order valence-corrected chi connectivity index (χ2v) is 4.62. The number of H-pyrrole nitrogens is 1. The van der Waals surface area contributed by atoms with Gasteiger partial charge < -0.3 is 5.32 Å². The first-order valence-corrected chi connectivity index (χ1v) is 6.36. The summed E-state index contributed by atoms with van der Waals surface area (Å²) in [4.78, 5) is 11.7. The van der Waals surface area contributed by atoms with E-state index in [1.54, 1.807) is 0 Å². The number of carbonyl (C=O) groups excluding carboxylic acids is 1. The summed E-state index contributed by atoms with van der Waals surface area (Å²) in [6, 6.07) is -0.151. The van der Waals surface area contributed by atoms with Crippen LogP contribution in [0.4, 0.5) is 0 Å². The van der Waals surface area contributed by atoms with Crippen LogP contribution in [0.15, 0.2) is 12.2 Å². The highest BCUT2D eigenvalue weighted by atomic mass is 16.2. The van der Waals surface area contributed by atoms with Crippen LogP contribution in [0.2, 0.25) is 0 Å². The van der Waals surface area contributed by atoms with E-state index in [1.807, 2.05) is 26.0 Å². The van der Waals surface area contributed by atoms with Gasteiger partial charge >= 0.3 is 0 Å². The van der Waals surface area contributed by atoms with Crippen molar-refractivity contribution in [2.75, 3.05) is 13.1 Å². The molecule has 2 rings (SSSR count). The van der Waals surface area contributed by atoms with E-state index in [4.69, 9.17) is 0 Å². The second-order valence-electron chi connectivity index (χ2n) is 4.62. The third-order valence-corrected chi connectivity index (χ3v) is 3.25. The van der Waals surface area contributed by atoms with E-state index in [0.717, 1.165) is 30.8 Å². The van der Waals surface area contributed by atoms with E-state index in [2.05, 4.69) is 20.8 Å². The van der Waals surface area contributed by atoms with E-state index < -0.39 is 0 Å². The highest BCUT2D eigenvalue weighted by Gasteiger charge is 2.16. The lowest BCUT2D eigenvalue weighted by Gasteiger charge is -2.10. The quantitative estimate of drug-likeness (QED) is 0.528. The summed E-state index contributed by atoms with van der Waals surface area (Å²) >= 11 is 0. The predicted molar refractivity (Wildman–Crippen MR) is 70.3 cm³/mol. The summed E-state index contributed by atoms with van der Waals surface area (Å²) in [5, 5.41) is 13.2. The second kappa shape index (κ2) is 5.82. The van der Waals surface area contributed by atoms with Gasteiger partial charge in [-0.05, 0) is 32.3 Å². The number of hydrogen-bond acceptors (Lipinski definition) is 3. The SMILES string of the molecule is Cc1n[nH]c(C)c1CCCNC(=O)[C@@H]1C=CCN1. The molecule has 0 fully saturated rings. The van der Waals surface area contributed by atoms with Gasteiger partial charge in [0.15, 0.2) is 0 Å². The van der Waals surface area contributed by atoms with Crippen molar-refractivity contribution in [3.63, 3.8) is 0 Å². The highest BCUT2D eigenvalue weighted by molar-refractivity contribution is 5.84. The third-order valence-electron chi connectivity index (χ3n) is 3.25. The van der Waals surface area contributed by atoms with E-state index >= 15 is 0 Å². The number of carbonyl (C=O) groups is 1. The maximum atomic E-state index is 11.7. The Morgan fingerprint density at radius 1 is 1.56 bits per heavy atom. The fourth-order valence-electron chi connectivity index (χ4n) is 2.18. The van der Waals surface area contributed by atoms with Crippen molar-refractivity contribution >= 4 is 5.91 Å². The summed E-state index contributed by atoms with van der Waals surface area (Å²) in [6.45, 7) is 5.52. The zero-order valence-electron chi connectivity index (χ0n) is 10.9. The molecule has 18 heavy (non-hydrogen) atoms. The van der Waals surface area contributed by atoms with Crippen molar-refractivity contribution in [1.82, 2.24) is 20.8 Å². The van der Waals surface area contributed by atoms with Gasteiger partial charge in [0.05, 0.1) is 5.69 Å². The van der Waals surface area contributed by atoms with Gasteiger partial charge in [0.1, 0.15) is 6.04 Å². The van der Waals surface area contributed by atoms with Gasteiger partial charge in [-0.2, -0.15) is 5.10 Å². The lowest BCUT2D eigenvalue weighted by atomic mass is 10.1. The fraction of sp³-hybridized carbons (Fsp3) is 0.538. The number of nitrogens with zero attached hydrogens (tertiary/aromatic N) is 1. The van der Waals surface area contributed by atoms with Crippen LogP contribution in [-0.2, 0) is 11.2 Å². The summed E-state index contributed by atoms with van der Waals surface area (Å²) < 4.78 is 0. The van der Waals surface area contributed by atoms with E-state index in [1.165, 1.54) is 5.56 Å². The molecule has 0 aliphatic carbocycles. The first-order valence-electron chi connectivity index (χ1n) is 6.36. The van der Waals surface area contributed by atoms with Crippen molar-refractivity contribution < 1.29 is 4.79 Å². The van der Waals surface area contributed by atoms with Gasteiger partial charge in [0.2, 0.25) is 5.91 Å². The number of aryl methyl sites for hydroxylation is 2. The Kier molecular flexibility index (Phi) is 4.15. The molecule has 0 saturated carbocycles. The van der Waals surface area contributed by atoms with Crippen LogP contribution in [0.5, 0.6) is 0 Å². The van der Waals surface area contributed by atoms with Crippen molar-refractivity contribution in [2.45, 2.75) is 32.7 Å². The summed E-state index contributed by atoms with van der Waals surface area (Å²) in [7, 11) is 0. The Hall–Kier alpha value is -1.62. The minimum Gasteiger partial charge on any atom is -0.354 e. The predicted octanol–water partition coefficient (Wildman–Crippen LogP) is 0.603. The standard InChI is InChI=1S/C13H20N4O/c1-9-11(10(2)17-16-9)5-3-8-15-13(18)12-6-4-7-14-12/h4,6,12,14H,3,5,7-8H2,1-2H3,(H,15,18)(H,16,17)/t12-/m0/s1. The lowest BCUT2D eigenvalue weighted by Crippen LogP contribution is -2.40. The molecule has 5 nitrogen and oxygen atoms in total. The zero-order chi connectivity index (χ0) is 13.0. The average molecular weight is 248 g/mol. The van der Waals surface area contributed by atoms with E-state index in [9.17, 15) is 4.79 Å². The summed E-state index contributed by atoms with van der Waals surface area (Å²) in [6.07, 6.45) is 5.76. The molecule has 5 heteroatoms. The van der Waals surface area contributed by atoms with E-state index in [0.29, 0.717) is 6.54 Å². The summed E-state index contributed by atoms with van der Waals surface area (Å²) in [5.74, 6) is 0.0596. The number of amides is 1. The molecule has 1 atom stereocenters. The van der Waals surface area contributed by atoms with Crippen molar-refractivity contribution in [3.8, 4) is 0 Å². The number of aromatic amines is 1. The average Bonchev–Trinajstić information content (AvgIpc) is 2.97. The van der Waals surface area contributed by atoms with Crippen LogP contribution in [0, 0.1) is 13.8 Å².